The number of nitrogens with zero attached hydrogens (tertiary/aromatic N) is 1. The first kappa shape index (κ1) is 14.4. The van der Waals surface area contributed by atoms with E-state index in [1.807, 2.05) is 13.0 Å². The molecule has 96 valence electrons. The lowest BCUT2D eigenvalue weighted by molar-refractivity contribution is 0.829. The Balaban J connectivity index is 3.15. The number of aliphatic imine (C=N–C) groups is 1. The van der Waals surface area contributed by atoms with Crippen LogP contribution in [0.4, 0.5) is 5.69 Å². The van der Waals surface area contributed by atoms with E-state index in [4.69, 9.17) is 4.99 Å². The van der Waals surface area contributed by atoms with E-state index in [1.165, 1.54) is 11.1 Å². The third kappa shape index (κ3) is 3.99. The molecule has 0 amide bonds. The second kappa shape index (κ2) is 6.34. The van der Waals surface area contributed by atoms with Gasteiger partial charge in [-0.05, 0) is 49.5 Å². The minimum Gasteiger partial charge on any atom is -0.253 e. The molecule has 0 saturated heterocycles. The molecule has 0 unspecified atom stereocenters. The van der Waals surface area contributed by atoms with Crippen molar-refractivity contribution in [2.24, 2.45) is 10.9 Å². The molecule has 0 spiro atoms. The molecule has 0 heterocycles. The quantitative estimate of drug-likeness (QED) is 0.509. The maximum Gasteiger partial charge on any atom is 0.0664 e. The van der Waals surface area contributed by atoms with E-state index >= 15 is 0 Å². The van der Waals surface area contributed by atoms with E-state index in [0.717, 1.165) is 17.0 Å². The first-order valence-electron chi connectivity index (χ1n) is 6.41. The van der Waals surface area contributed by atoms with Crippen LogP contribution in [0, 0.1) is 19.8 Å². The lowest BCUT2D eigenvalue weighted by Gasteiger charge is -2.07. The monoisotopic (exact) mass is 241 g/mol. The lowest BCUT2D eigenvalue weighted by atomic mass is 10.1. The predicted molar refractivity (Wildman–Crippen MR) is 81.8 cm³/mol. The summed E-state index contributed by atoms with van der Waals surface area (Å²) in [5, 5.41) is 0. The summed E-state index contributed by atoms with van der Waals surface area (Å²) in [6.07, 6.45) is 4.07. The number of rotatable bonds is 4. The van der Waals surface area contributed by atoms with Gasteiger partial charge in [0.2, 0.25) is 0 Å². The molecule has 1 nitrogen and oxygen atoms in total. The van der Waals surface area contributed by atoms with Crippen molar-refractivity contribution in [3.63, 3.8) is 0 Å². The number of hydrogen-bond acceptors (Lipinski definition) is 1. The third-order valence-electron chi connectivity index (χ3n) is 2.80. The van der Waals surface area contributed by atoms with Gasteiger partial charge in [0.1, 0.15) is 0 Å². The first-order chi connectivity index (χ1) is 8.43. The molecule has 1 heteroatoms. The number of benzene rings is 1. The average molecular weight is 241 g/mol. The standard InChI is InChI=1S/C17H23N/c1-7-16(10-12(2)3)15(6)18-17-11-13(4)8-9-14(17)5/h7-12H,1H2,2-6H3/b16-10+,18-15+. The molecule has 1 aromatic rings. The second-order valence-electron chi connectivity index (χ2n) is 5.06. The van der Waals surface area contributed by atoms with Gasteiger partial charge >= 0.3 is 0 Å². The Morgan fingerprint density at radius 3 is 2.50 bits per heavy atom. The van der Waals surface area contributed by atoms with E-state index in [2.05, 4.69) is 58.5 Å². The zero-order chi connectivity index (χ0) is 13.7. The molecule has 0 aliphatic rings. The van der Waals surface area contributed by atoms with E-state index in [0.29, 0.717) is 5.92 Å². The zero-order valence-electron chi connectivity index (χ0n) is 12.1. The molecule has 1 aromatic carbocycles. The fraction of sp³-hybridized carbons (Fsp3) is 0.353. The molecular weight excluding hydrogens is 218 g/mol. The van der Waals surface area contributed by atoms with Crippen LogP contribution in [0.1, 0.15) is 31.9 Å². The van der Waals surface area contributed by atoms with Crippen LogP contribution in [-0.4, -0.2) is 5.71 Å². The Labute approximate surface area is 111 Å². The van der Waals surface area contributed by atoms with Crippen LogP contribution in [0.25, 0.3) is 0 Å². The fourth-order valence-electron chi connectivity index (χ4n) is 1.78. The van der Waals surface area contributed by atoms with Gasteiger partial charge in [0, 0.05) is 5.71 Å². The second-order valence-corrected chi connectivity index (χ2v) is 5.06. The Bertz CT molecular complexity index is 490. The Hall–Kier alpha value is -1.63. The van der Waals surface area contributed by atoms with Gasteiger partial charge in [-0.25, -0.2) is 0 Å². The lowest BCUT2D eigenvalue weighted by Crippen LogP contribution is -1.97. The molecule has 0 bridgehead atoms. The van der Waals surface area contributed by atoms with Gasteiger partial charge in [-0.3, -0.25) is 4.99 Å². The molecule has 0 saturated carbocycles. The molecule has 0 N–H and O–H groups in total. The van der Waals surface area contributed by atoms with E-state index in [-0.39, 0.29) is 0 Å². The summed E-state index contributed by atoms with van der Waals surface area (Å²) in [7, 11) is 0. The highest BCUT2D eigenvalue weighted by atomic mass is 14.7. The molecule has 0 aromatic heterocycles. The highest BCUT2D eigenvalue weighted by molar-refractivity contribution is 6.02. The normalized spacial score (nSPS) is 13.0. The van der Waals surface area contributed by atoms with Crippen LogP contribution in [0.5, 0.6) is 0 Å². The van der Waals surface area contributed by atoms with Crippen LogP contribution >= 0.6 is 0 Å². The van der Waals surface area contributed by atoms with Crippen molar-refractivity contribution in [2.45, 2.75) is 34.6 Å². The number of aryl methyl sites for hydroxylation is 2. The fourth-order valence-corrected chi connectivity index (χ4v) is 1.78. The SMILES string of the molecule is C=CC(=C\C(C)C)/C(C)=N/c1cc(C)ccc1C. The molecule has 0 fully saturated rings. The van der Waals surface area contributed by atoms with Gasteiger partial charge in [-0.1, -0.05) is 44.7 Å². The van der Waals surface area contributed by atoms with E-state index in [9.17, 15) is 0 Å². The first-order valence-corrected chi connectivity index (χ1v) is 6.41. The summed E-state index contributed by atoms with van der Waals surface area (Å²) < 4.78 is 0. The van der Waals surface area contributed by atoms with Crippen molar-refractivity contribution < 1.29 is 0 Å². The van der Waals surface area contributed by atoms with Crippen molar-refractivity contribution in [1.82, 2.24) is 0 Å². The maximum atomic E-state index is 4.72. The highest BCUT2D eigenvalue weighted by Crippen LogP contribution is 2.21. The van der Waals surface area contributed by atoms with Crippen LogP contribution in [0.15, 0.2) is 47.5 Å². The molecule has 1 rings (SSSR count). The van der Waals surface area contributed by atoms with Gasteiger partial charge < -0.3 is 0 Å². The van der Waals surface area contributed by atoms with Gasteiger partial charge in [0.25, 0.3) is 0 Å². The summed E-state index contributed by atoms with van der Waals surface area (Å²) in [5.41, 5.74) is 5.62. The molecule has 18 heavy (non-hydrogen) atoms. The number of allylic oxidation sites excluding steroid dienone is 3. The minimum atomic E-state index is 0.502. The van der Waals surface area contributed by atoms with Gasteiger partial charge in [0.15, 0.2) is 0 Å². The molecule has 0 aliphatic carbocycles. The zero-order valence-corrected chi connectivity index (χ0v) is 12.1. The molecule has 0 radical (unpaired) electrons. The van der Waals surface area contributed by atoms with E-state index in [1.54, 1.807) is 0 Å². The van der Waals surface area contributed by atoms with Crippen molar-refractivity contribution in [3.8, 4) is 0 Å². The summed E-state index contributed by atoms with van der Waals surface area (Å²) in [4.78, 5) is 4.72. The van der Waals surface area contributed by atoms with Gasteiger partial charge in [-0.15, -0.1) is 0 Å². The summed E-state index contributed by atoms with van der Waals surface area (Å²) >= 11 is 0. The Morgan fingerprint density at radius 2 is 1.94 bits per heavy atom. The molecule has 0 aliphatic heterocycles. The number of hydrogen-bond donors (Lipinski definition) is 0. The van der Waals surface area contributed by atoms with Crippen LogP contribution < -0.4 is 0 Å². The maximum absolute atomic E-state index is 4.72. The van der Waals surface area contributed by atoms with Crippen molar-refractivity contribution in [1.29, 1.82) is 0 Å². The topological polar surface area (TPSA) is 12.4 Å². The smallest absolute Gasteiger partial charge is 0.0664 e. The van der Waals surface area contributed by atoms with Gasteiger partial charge in [-0.2, -0.15) is 0 Å². The van der Waals surface area contributed by atoms with Crippen LogP contribution in [0.2, 0.25) is 0 Å². The van der Waals surface area contributed by atoms with Gasteiger partial charge in [0.05, 0.1) is 5.69 Å². The summed E-state index contributed by atoms with van der Waals surface area (Å²) in [5.74, 6) is 0.502. The highest BCUT2D eigenvalue weighted by Gasteiger charge is 2.02. The van der Waals surface area contributed by atoms with Crippen LogP contribution in [-0.2, 0) is 0 Å². The Kier molecular flexibility index (Phi) is 5.08. The van der Waals surface area contributed by atoms with Crippen molar-refractivity contribution in [2.75, 3.05) is 0 Å². The third-order valence-corrected chi connectivity index (χ3v) is 2.80. The van der Waals surface area contributed by atoms with Crippen LogP contribution in [0.3, 0.4) is 0 Å². The van der Waals surface area contributed by atoms with Crippen molar-refractivity contribution >= 4 is 11.4 Å². The predicted octanol–water partition coefficient (Wildman–Crippen LogP) is 5.16. The summed E-state index contributed by atoms with van der Waals surface area (Å²) in [6.45, 7) is 14.4. The molecule has 0 atom stereocenters. The summed E-state index contributed by atoms with van der Waals surface area (Å²) in [6, 6.07) is 6.35. The minimum absolute atomic E-state index is 0.502. The van der Waals surface area contributed by atoms with Crippen molar-refractivity contribution in [3.05, 3.63) is 53.6 Å². The Morgan fingerprint density at radius 1 is 1.28 bits per heavy atom. The van der Waals surface area contributed by atoms with E-state index < -0.39 is 0 Å². The average Bonchev–Trinajstić information content (AvgIpc) is 2.30. The molecular formula is C17H23N. The largest absolute Gasteiger partial charge is 0.253 e.